The van der Waals surface area contributed by atoms with Crippen molar-refractivity contribution in [3.8, 4) is 0 Å². The van der Waals surface area contributed by atoms with Crippen molar-refractivity contribution in [1.82, 2.24) is 0 Å². The average Bonchev–Trinajstić information content (AvgIpc) is 1.84. The smallest absolute Gasteiger partial charge is 0.235 e. The molecule has 0 saturated heterocycles. The summed E-state index contributed by atoms with van der Waals surface area (Å²) in [5.41, 5.74) is -0.438. The van der Waals surface area contributed by atoms with Crippen molar-refractivity contribution in [2.45, 2.75) is 39.3 Å². The Morgan fingerprint density at radius 2 is 2.09 bits per heavy atom. The van der Waals surface area contributed by atoms with Gasteiger partial charge in [0.2, 0.25) is 6.08 Å². The van der Waals surface area contributed by atoms with E-state index in [2.05, 4.69) is 4.99 Å². The third-order valence-electron chi connectivity index (χ3n) is 1.12. The molecule has 0 amide bonds. The highest BCUT2D eigenvalue weighted by molar-refractivity contribution is 5.34. The summed E-state index contributed by atoms with van der Waals surface area (Å²) in [7, 11) is 0. The number of aliphatic imine (C=N–C) groups is 1. The number of rotatable bonds is 4. The molecule has 0 fully saturated rings. The summed E-state index contributed by atoms with van der Waals surface area (Å²) >= 11 is 0. The summed E-state index contributed by atoms with van der Waals surface area (Å²) < 4.78 is 5.29. The summed E-state index contributed by atoms with van der Waals surface area (Å²) in [6.07, 6.45) is 1.70. The van der Waals surface area contributed by atoms with Gasteiger partial charge in [0.05, 0.1) is 18.2 Å². The van der Waals surface area contributed by atoms with Gasteiger partial charge in [-0.05, 0) is 27.7 Å². The second kappa shape index (κ2) is 4.27. The van der Waals surface area contributed by atoms with Crippen LogP contribution in [0.3, 0.4) is 0 Å². The van der Waals surface area contributed by atoms with E-state index >= 15 is 0 Å². The van der Waals surface area contributed by atoms with Crippen LogP contribution in [-0.4, -0.2) is 24.3 Å². The van der Waals surface area contributed by atoms with E-state index in [0.29, 0.717) is 6.61 Å². The van der Waals surface area contributed by atoms with Gasteiger partial charge in [-0.1, -0.05) is 0 Å². The maximum absolute atomic E-state index is 9.92. The third-order valence-corrected chi connectivity index (χ3v) is 1.12. The zero-order valence-electron chi connectivity index (χ0n) is 7.55. The lowest BCUT2D eigenvalue weighted by Crippen LogP contribution is -2.26. The van der Waals surface area contributed by atoms with E-state index < -0.39 is 5.54 Å². The van der Waals surface area contributed by atoms with Crippen molar-refractivity contribution in [3.05, 3.63) is 0 Å². The topological polar surface area (TPSA) is 38.7 Å². The van der Waals surface area contributed by atoms with Crippen molar-refractivity contribution >= 4 is 6.08 Å². The van der Waals surface area contributed by atoms with Crippen molar-refractivity contribution < 1.29 is 9.53 Å². The normalized spacial score (nSPS) is 11.4. The maximum Gasteiger partial charge on any atom is 0.235 e. The van der Waals surface area contributed by atoms with Crippen LogP contribution in [0.5, 0.6) is 0 Å². The zero-order valence-corrected chi connectivity index (χ0v) is 7.55. The van der Waals surface area contributed by atoms with E-state index in [1.54, 1.807) is 0 Å². The standard InChI is InChI=1S/C8H15NO2/c1-7(2)11-5-8(3,4)9-6-10/h7H,5H2,1-4H3. The molecule has 0 aliphatic rings. The van der Waals surface area contributed by atoms with Crippen LogP contribution in [0.25, 0.3) is 0 Å². The molecular weight excluding hydrogens is 142 g/mol. The minimum Gasteiger partial charge on any atom is -0.376 e. The van der Waals surface area contributed by atoms with Gasteiger partial charge in [0.25, 0.3) is 0 Å². The van der Waals surface area contributed by atoms with Crippen LogP contribution in [0.2, 0.25) is 0 Å². The van der Waals surface area contributed by atoms with Gasteiger partial charge in [0.15, 0.2) is 0 Å². The van der Waals surface area contributed by atoms with Crippen LogP contribution >= 0.6 is 0 Å². The van der Waals surface area contributed by atoms with Gasteiger partial charge in [-0.25, -0.2) is 4.79 Å². The first-order valence-corrected chi connectivity index (χ1v) is 3.68. The van der Waals surface area contributed by atoms with Crippen LogP contribution in [0, 0.1) is 0 Å². The van der Waals surface area contributed by atoms with Gasteiger partial charge < -0.3 is 4.74 Å². The van der Waals surface area contributed by atoms with E-state index in [9.17, 15) is 4.79 Å². The van der Waals surface area contributed by atoms with E-state index in [-0.39, 0.29) is 6.10 Å². The highest BCUT2D eigenvalue weighted by atomic mass is 16.5. The molecule has 0 unspecified atom stereocenters. The van der Waals surface area contributed by atoms with Crippen molar-refractivity contribution in [2.24, 2.45) is 4.99 Å². The molecule has 0 N–H and O–H groups in total. The predicted octanol–water partition coefficient (Wildman–Crippen LogP) is 1.53. The largest absolute Gasteiger partial charge is 0.376 e. The summed E-state index contributed by atoms with van der Waals surface area (Å²) in [6.45, 7) is 8.02. The lowest BCUT2D eigenvalue weighted by atomic mass is 10.1. The summed E-state index contributed by atoms with van der Waals surface area (Å²) in [6, 6.07) is 0. The number of nitrogens with zero attached hydrogens (tertiary/aromatic N) is 1. The summed E-state index contributed by atoms with van der Waals surface area (Å²) in [5, 5.41) is 0. The minimum atomic E-state index is -0.438. The van der Waals surface area contributed by atoms with E-state index in [1.165, 1.54) is 6.08 Å². The van der Waals surface area contributed by atoms with Crippen LogP contribution in [0.4, 0.5) is 0 Å². The highest BCUT2D eigenvalue weighted by Crippen LogP contribution is 2.08. The Labute approximate surface area is 67.5 Å². The van der Waals surface area contributed by atoms with Gasteiger partial charge in [-0.15, -0.1) is 0 Å². The number of ether oxygens (including phenoxy) is 1. The summed E-state index contributed by atoms with van der Waals surface area (Å²) in [5.74, 6) is 0. The fourth-order valence-corrected chi connectivity index (χ4v) is 0.526. The van der Waals surface area contributed by atoms with Crippen molar-refractivity contribution in [2.75, 3.05) is 6.61 Å². The first-order chi connectivity index (χ1) is 4.98. The minimum absolute atomic E-state index is 0.177. The SMILES string of the molecule is CC(C)OCC(C)(C)N=C=O. The Morgan fingerprint density at radius 1 is 1.55 bits per heavy atom. The molecule has 3 heteroatoms. The van der Waals surface area contributed by atoms with Gasteiger partial charge in [0.1, 0.15) is 0 Å². The Balaban J connectivity index is 3.82. The molecule has 0 heterocycles. The molecule has 0 aliphatic heterocycles. The highest BCUT2D eigenvalue weighted by Gasteiger charge is 2.16. The fourth-order valence-electron chi connectivity index (χ4n) is 0.526. The number of isocyanates is 1. The van der Waals surface area contributed by atoms with Gasteiger partial charge in [-0.3, -0.25) is 0 Å². The van der Waals surface area contributed by atoms with Gasteiger partial charge >= 0.3 is 0 Å². The molecule has 0 aromatic carbocycles. The maximum atomic E-state index is 9.92. The monoisotopic (exact) mass is 157 g/mol. The van der Waals surface area contributed by atoms with Gasteiger partial charge in [0, 0.05) is 0 Å². The fraction of sp³-hybridized carbons (Fsp3) is 0.875. The second-order valence-corrected chi connectivity index (χ2v) is 3.38. The number of carbonyl (C=O) groups excluding carboxylic acids is 1. The van der Waals surface area contributed by atoms with Crippen LogP contribution < -0.4 is 0 Å². The molecule has 0 saturated carbocycles. The molecule has 0 aliphatic carbocycles. The molecule has 11 heavy (non-hydrogen) atoms. The third kappa shape index (κ3) is 5.77. The lowest BCUT2D eigenvalue weighted by Gasteiger charge is -2.18. The molecule has 0 aromatic heterocycles. The first-order valence-electron chi connectivity index (χ1n) is 3.68. The Bertz CT molecular complexity index is 157. The van der Waals surface area contributed by atoms with Crippen molar-refractivity contribution in [3.63, 3.8) is 0 Å². The molecule has 0 atom stereocenters. The zero-order chi connectivity index (χ0) is 8.91. The second-order valence-electron chi connectivity index (χ2n) is 3.38. The van der Waals surface area contributed by atoms with Crippen molar-refractivity contribution in [1.29, 1.82) is 0 Å². The molecule has 0 spiro atoms. The van der Waals surface area contributed by atoms with Crippen LogP contribution in [0.1, 0.15) is 27.7 Å². The van der Waals surface area contributed by atoms with E-state index in [0.717, 1.165) is 0 Å². The van der Waals surface area contributed by atoms with E-state index in [4.69, 9.17) is 4.74 Å². The number of hydrogen-bond acceptors (Lipinski definition) is 3. The Kier molecular flexibility index (Phi) is 4.01. The summed E-state index contributed by atoms with van der Waals surface area (Å²) in [4.78, 5) is 13.5. The lowest BCUT2D eigenvalue weighted by molar-refractivity contribution is 0.0503. The van der Waals surface area contributed by atoms with Crippen LogP contribution in [0.15, 0.2) is 4.99 Å². The Morgan fingerprint density at radius 3 is 2.45 bits per heavy atom. The van der Waals surface area contributed by atoms with E-state index in [1.807, 2.05) is 27.7 Å². The molecule has 3 nitrogen and oxygen atoms in total. The number of hydrogen-bond donors (Lipinski definition) is 0. The molecule has 0 rings (SSSR count). The Hall–Kier alpha value is -0.660. The molecule has 64 valence electrons. The van der Waals surface area contributed by atoms with Gasteiger partial charge in [-0.2, -0.15) is 4.99 Å². The first kappa shape index (κ1) is 10.3. The molecule has 0 aromatic rings. The van der Waals surface area contributed by atoms with Crippen LogP contribution in [-0.2, 0) is 9.53 Å². The average molecular weight is 157 g/mol. The molecule has 0 radical (unpaired) electrons. The quantitative estimate of drug-likeness (QED) is 0.458. The molecular formula is C8H15NO2. The predicted molar refractivity (Wildman–Crippen MR) is 43.3 cm³/mol. The molecule has 0 bridgehead atoms.